The van der Waals surface area contributed by atoms with Gasteiger partial charge in [0.1, 0.15) is 0 Å². The largest absolute Gasteiger partial charge is 0.383 e. The Morgan fingerprint density at radius 2 is 2.14 bits per heavy atom. The van der Waals surface area contributed by atoms with Gasteiger partial charge in [0.25, 0.3) is 5.91 Å². The van der Waals surface area contributed by atoms with Crippen molar-refractivity contribution in [2.75, 3.05) is 45.3 Å². The lowest BCUT2D eigenvalue weighted by Crippen LogP contribution is -2.26. The quantitative estimate of drug-likeness (QED) is 0.608. The number of carbonyl (C=O) groups is 1. The molecule has 21 heavy (non-hydrogen) atoms. The van der Waals surface area contributed by atoms with Crippen molar-refractivity contribution in [1.29, 1.82) is 0 Å². The predicted octanol–water partition coefficient (Wildman–Crippen LogP) is 1.69. The second-order valence-corrected chi connectivity index (χ2v) is 4.56. The first kappa shape index (κ1) is 17.4. The van der Waals surface area contributed by atoms with Crippen LogP contribution < -0.4 is 10.6 Å². The lowest BCUT2D eigenvalue weighted by molar-refractivity contribution is 0.0688. The van der Waals surface area contributed by atoms with Gasteiger partial charge in [-0.05, 0) is 18.9 Å². The highest BCUT2D eigenvalue weighted by molar-refractivity contribution is 5.99. The number of aromatic nitrogens is 1. The molecule has 2 N–H and O–H groups in total. The van der Waals surface area contributed by atoms with E-state index in [-0.39, 0.29) is 5.91 Å². The zero-order valence-corrected chi connectivity index (χ0v) is 12.9. The van der Waals surface area contributed by atoms with E-state index in [1.165, 1.54) is 0 Å². The first-order valence-electron chi connectivity index (χ1n) is 7.32. The van der Waals surface area contributed by atoms with Crippen molar-refractivity contribution in [3.05, 3.63) is 24.0 Å². The van der Waals surface area contributed by atoms with E-state index in [9.17, 15) is 4.79 Å². The normalized spacial score (nSPS) is 10.4. The Kier molecular flexibility index (Phi) is 9.15. The van der Waals surface area contributed by atoms with Gasteiger partial charge in [-0.15, -0.1) is 0 Å². The van der Waals surface area contributed by atoms with Crippen LogP contribution in [0.15, 0.2) is 18.5 Å². The van der Waals surface area contributed by atoms with Gasteiger partial charge in [-0.25, -0.2) is 0 Å². The van der Waals surface area contributed by atoms with Crippen molar-refractivity contribution in [2.45, 2.75) is 19.8 Å². The van der Waals surface area contributed by atoms with Crippen molar-refractivity contribution in [3.8, 4) is 0 Å². The molecule has 0 saturated carbocycles. The second kappa shape index (κ2) is 11.0. The van der Waals surface area contributed by atoms with Crippen molar-refractivity contribution in [3.63, 3.8) is 0 Å². The first-order valence-corrected chi connectivity index (χ1v) is 7.32. The van der Waals surface area contributed by atoms with Gasteiger partial charge in [-0.1, -0.05) is 6.92 Å². The van der Waals surface area contributed by atoms with Crippen LogP contribution in [0.2, 0.25) is 0 Å². The van der Waals surface area contributed by atoms with E-state index in [1.807, 2.05) is 0 Å². The highest BCUT2D eigenvalue weighted by Crippen LogP contribution is 2.13. The fourth-order valence-corrected chi connectivity index (χ4v) is 1.71. The molecule has 0 aliphatic rings. The lowest BCUT2D eigenvalue weighted by atomic mass is 10.2. The van der Waals surface area contributed by atoms with Crippen molar-refractivity contribution < 1.29 is 14.3 Å². The fourth-order valence-electron chi connectivity index (χ4n) is 1.71. The third-order valence-corrected chi connectivity index (χ3v) is 2.81. The summed E-state index contributed by atoms with van der Waals surface area (Å²) in [6, 6.07) is 1.72. The molecule has 1 aromatic rings. The Labute approximate surface area is 126 Å². The number of ether oxygens (including phenoxy) is 2. The van der Waals surface area contributed by atoms with Crippen molar-refractivity contribution in [1.82, 2.24) is 10.3 Å². The number of nitrogens with zero attached hydrogens (tertiary/aromatic N) is 1. The topological polar surface area (TPSA) is 72.5 Å². The van der Waals surface area contributed by atoms with E-state index < -0.39 is 0 Å². The Bertz CT molecular complexity index is 413. The Morgan fingerprint density at radius 1 is 1.29 bits per heavy atom. The van der Waals surface area contributed by atoms with Crippen LogP contribution in [0.4, 0.5) is 5.69 Å². The first-order chi connectivity index (χ1) is 10.3. The lowest BCUT2D eigenvalue weighted by Gasteiger charge is -2.11. The van der Waals surface area contributed by atoms with Gasteiger partial charge in [0, 0.05) is 33.0 Å². The van der Waals surface area contributed by atoms with Crippen molar-refractivity contribution in [2.24, 2.45) is 0 Å². The van der Waals surface area contributed by atoms with Crippen LogP contribution in [0.5, 0.6) is 0 Å². The summed E-state index contributed by atoms with van der Waals surface area (Å²) in [5, 5.41) is 6.10. The van der Waals surface area contributed by atoms with E-state index in [1.54, 1.807) is 25.6 Å². The molecule has 0 saturated heterocycles. The van der Waals surface area contributed by atoms with Crippen LogP contribution >= 0.6 is 0 Å². The van der Waals surface area contributed by atoms with E-state index >= 15 is 0 Å². The molecule has 6 heteroatoms. The van der Waals surface area contributed by atoms with Gasteiger partial charge in [-0.2, -0.15) is 0 Å². The molecule has 6 nitrogen and oxygen atoms in total. The van der Waals surface area contributed by atoms with Gasteiger partial charge >= 0.3 is 0 Å². The van der Waals surface area contributed by atoms with Crippen LogP contribution in [-0.2, 0) is 9.47 Å². The van der Waals surface area contributed by atoms with Gasteiger partial charge in [-0.3, -0.25) is 9.78 Å². The summed E-state index contributed by atoms with van der Waals surface area (Å²) < 4.78 is 10.2. The standard InChI is InChI=1S/C15H25N3O3/c1-3-6-17-14-12-16-8-5-13(14)15(19)18-7-4-9-21-11-10-20-2/h5,8,12,17H,3-4,6-7,9-11H2,1-2H3,(H,18,19). The number of hydrogen-bond donors (Lipinski definition) is 2. The maximum absolute atomic E-state index is 12.1. The monoisotopic (exact) mass is 295 g/mol. The zero-order valence-electron chi connectivity index (χ0n) is 12.9. The number of carbonyl (C=O) groups excluding carboxylic acids is 1. The third kappa shape index (κ3) is 7.06. The Hall–Kier alpha value is -1.66. The number of anilines is 1. The van der Waals surface area contributed by atoms with Gasteiger partial charge in [0.2, 0.25) is 0 Å². The van der Waals surface area contributed by atoms with E-state index in [2.05, 4.69) is 22.5 Å². The van der Waals surface area contributed by atoms with Gasteiger partial charge in [0.15, 0.2) is 0 Å². The fraction of sp³-hybridized carbons (Fsp3) is 0.600. The minimum absolute atomic E-state index is 0.0899. The number of nitrogens with one attached hydrogen (secondary N) is 2. The Morgan fingerprint density at radius 3 is 2.90 bits per heavy atom. The number of hydrogen-bond acceptors (Lipinski definition) is 5. The van der Waals surface area contributed by atoms with Crippen LogP contribution in [0.1, 0.15) is 30.1 Å². The molecule has 0 spiro atoms. The molecule has 118 valence electrons. The maximum atomic E-state index is 12.1. The van der Waals surface area contributed by atoms with E-state index in [0.717, 1.165) is 25.1 Å². The molecule has 0 fully saturated rings. The second-order valence-electron chi connectivity index (χ2n) is 4.56. The summed E-state index contributed by atoms with van der Waals surface area (Å²) in [4.78, 5) is 16.2. The van der Waals surface area contributed by atoms with E-state index in [4.69, 9.17) is 9.47 Å². The highest BCUT2D eigenvalue weighted by Gasteiger charge is 2.10. The van der Waals surface area contributed by atoms with Gasteiger partial charge in [0.05, 0.1) is 30.7 Å². The summed E-state index contributed by atoms with van der Waals surface area (Å²) in [5.74, 6) is -0.0899. The van der Waals surface area contributed by atoms with Crippen LogP contribution in [0, 0.1) is 0 Å². The molecule has 0 aliphatic heterocycles. The number of amides is 1. The van der Waals surface area contributed by atoms with Gasteiger partial charge < -0.3 is 20.1 Å². The van der Waals surface area contributed by atoms with E-state index in [0.29, 0.717) is 31.9 Å². The maximum Gasteiger partial charge on any atom is 0.253 e. The Balaban J connectivity index is 2.31. The molecule has 0 aliphatic carbocycles. The molecule has 1 heterocycles. The zero-order chi connectivity index (χ0) is 15.3. The molecule has 0 unspecified atom stereocenters. The summed E-state index contributed by atoms with van der Waals surface area (Å²) in [5.41, 5.74) is 1.40. The SMILES string of the molecule is CCCNc1cnccc1C(=O)NCCCOCCOC. The minimum atomic E-state index is -0.0899. The average Bonchev–Trinajstić information content (AvgIpc) is 2.52. The molecule has 1 amide bonds. The minimum Gasteiger partial charge on any atom is -0.383 e. The number of methoxy groups -OCH3 is 1. The summed E-state index contributed by atoms with van der Waals surface area (Å²) in [6.45, 7) is 5.27. The molecular formula is C15H25N3O3. The van der Waals surface area contributed by atoms with Crippen LogP contribution in [0.25, 0.3) is 0 Å². The molecule has 1 rings (SSSR count). The smallest absolute Gasteiger partial charge is 0.253 e. The number of rotatable bonds is 11. The van der Waals surface area contributed by atoms with Crippen LogP contribution in [0.3, 0.4) is 0 Å². The summed E-state index contributed by atoms with van der Waals surface area (Å²) in [6.07, 6.45) is 5.07. The van der Waals surface area contributed by atoms with Crippen LogP contribution in [-0.4, -0.2) is 50.9 Å². The van der Waals surface area contributed by atoms with Crippen molar-refractivity contribution >= 4 is 11.6 Å². The molecule has 0 radical (unpaired) electrons. The summed E-state index contributed by atoms with van der Waals surface area (Å²) >= 11 is 0. The predicted molar refractivity (Wildman–Crippen MR) is 82.7 cm³/mol. The molecule has 1 aromatic heterocycles. The molecule has 0 atom stereocenters. The molecule has 0 bridgehead atoms. The summed E-state index contributed by atoms with van der Waals surface area (Å²) in [7, 11) is 1.64. The molecular weight excluding hydrogens is 270 g/mol. The highest BCUT2D eigenvalue weighted by atomic mass is 16.5. The molecule has 0 aromatic carbocycles. The third-order valence-electron chi connectivity index (χ3n) is 2.81. The average molecular weight is 295 g/mol. The number of pyridine rings is 1.